The van der Waals surface area contributed by atoms with Crippen LogP contribution in [0, 0.1) is 0 Å². The lowest BCUT2D eigenvalue weighted by Gasteiger charge is -2.06. The molecule has 0 unspecified atom stereocenters. The Morgan fingerprint density at radius 1 is 1.31 bits per heavy atom. The van der Waals surface area contributed by atoms with Crippen LogP contribution in [0.3, 0.4) is 0 Å². The number of rotatable bonds is 5. The third-order valence-corrected chi connectivity index (χ3v) is 3.19. The molecule has 0 atom stereocenters. The fraction of sp³-hybridized carbons (Fsp3) is 0.500. The lowest BCUT2D eigenvalue weighted by molar-refractivity contribution is -0.141. The van der Waals surface area contributed by atoms with Crippen molar-refractivity contribution < 1.29 is 13.2 Å². The van der Waals surface area contributed by atoms with Gasteiger partial charge in [-0.1, -0.05) is 6.07 Å². The molecule has 0 radical (unpaired) electrons. The van der Waals surface area contributed by atoms with E-state index in [0.717, 1.165) is 23.8 Å². The van der Waals surface area contributed by atoms with E-state index in [4.69, 9.17) is 11.6 Å². The van der Waals surface area contributed by atoms with Gasteiger partial charge in [-0.25, -0.2) is 0 Å². The zero-order valence-corrected chi connectivity index (χ0v) is 10.0. The third kappa shape index (κ3) is 4.61. The summed E-state index contributed by atoms with van der Waals surface area (Å²) in [4.78, 5) is 3.38. The number of halogens is 4. The summed E-state index contributed by atoms with van der Waals surface area (Å²) in [7, 11) is 0. The Kier molecular flexibility index (Phi) is 5.41. The second-order valence-electron chi connectivity index (χ2n) is 3.14. The standard InChI is InChI=1S/C10H11ClF3NS/c11-4-1-5-16-7-8-2-3-9(15-6-8)10(12,13)14/h2-3,6H,1,4-5,7H2. The number of nitrogens with zero attached hydrogens (tertiary/aromatic N) is 1. The van der Waals surface area contributed by atoms with Crippen LogP contribution in [0.2, 0.25) is 0 Å². The molecule has 1 nitrogen and oxygen atoms in total. The molecule has 0 aromatic carbocycles. The molecule has 0 fully saturated rings. The summed E-state index contributed by atoms with van der Waals surface area (Å²) in [6.07, 6.45) is -2.18. The lowest BCUT2D eigenvalue weighted by Crippen LogP contribution is -2.07. The van der Waals surface area contributed by atoms with Gasteiger partial charge in [-0.2, -0.15) is 24.9 Å². The van der Waals surface area contributed by atoms with Gasteiger partial charge in [0.2, 0.25) is 0 Å². The van der Waals surface area contributed by atoms with Gasteiger partial charge in [0.05, 0.1) is 0 Å². The Hall–Kier alpha value is -0.420. The van der Waals surface area contributed by atoms with E-state index in [1.807, 2.05) is 0 Å². The van der Waals surface area contributed by atoms with Gasteiger partial charge in [-0.15, -0.1) is 11.6 Å². The van der Waals surface area contributed by atoms with Crippen molar-refractivity contribution in [3.05, 3.63) is 29.6 Å². The normalized spacial score (nSPS) is 11.8. The molecule has 0 spiro atoms. The predicted molar refractivity (Wildman–Crippen MR) is 60.7 cm³/mol. The first-order chi connectivity index (χ1) is 7.54. The number of pyridine rings is 1. The fourth-order valence-electron chi connectivity index (χ4n) is 1.02. The van der Waals surface area contributed by atoms with Gasteiger partial charge in [-0.05, 0) is 23.8 Å². The molecule has 0 amide bonds. The molecule has 6 heteroatoms. The molecule has 0 N–H and O–H groups in total. The minimum atomic E-state index is -4.36. The van der Waals surface area contributed by atoms with Gasteiger partial charge in [0.15, 0.2) is 0 Å². The molecule has 1 aromatic rings. The maximum Gasteiger partial charge on any atom is 0.433 e. The lowest BCUT2D eigenvalue weighted by atomic mass is 10.3. The Labute approximate surface area is 101 Å². The summed E-state index contributed by atoms with van der Waals surface area (Å²) >= 11 is 7.14. The predicted octanol–water partition coefficient (Wildman–Crippen LogP) is 3.96. The van der Waals surface area contributed by atoms with Crippen molar-refractivity contribution in [3.8, 4) is 0 Å². The average molecular weight is 270 g/mol. The van der Waals surface area contributed by atoms with Crippen LogP contribution in [0.25, 0.3) is 0 Å². The monoisotopic (exact) mass is 269 g/mol. The van der Waals surface area contributed by atoms with Crippen LogP contribution in [-0.4, -0.2) is 16.6 Å². The minimum Gasteiger partial charge on any atom is -0.251 e. The number of alkyl halides is 4. The van der Waals surface area contributed by atoms with Crippen molar-refractivity contribution in [1.82, 2.24) is 4.98 Å². The summed E-state index contributed by atoms with van der Waals surface area (Å²) in [5.74, 6) is 2.19. The Morgan fingerprint density at radius 3 is 2.56 bits per heavy atom. The second kappa shape index (κ2) is 6.35. The topological polar surface area (TPSA) is 12.9 Å². The van der Waals surface area contributed by atoms with E-state index >= 15 is 0 Å². The highest BCUT2D eigenvalue weighted by molar-refractivity contribution is 7.98. The molecule has 0 aliphatic heterocycles. The van der Waals surface area contributed by atoms with Gasteiger partial charge >= 0.3 is 6.18 Å². The van der Waals surface area contributed by atoms with Crippen LogP contribution in [-0.2, 0) is 11.9 Å². The summed E-state index contributed by atoms with van der Waals surface area (Å²) in [5, 5.41) is 0. The van der Waals surface area contributed by atoms with Gasteiger partial charge < -0.3 is 0 Å². The highest BCUT2D eigenvalue weighted by Gasteiger charge is 2.31. The molecular weight excluding hydrogens is 259 g/mol. The van der Waals surface area contributed by atoms with E-state index in [1.165, 1.54) is 12.3 Å². The molecule has 0 aliphatic carbocycles. The SMILES string of the molecule is FC(F)(F)c1ccc(CSCCCCl)cn1. The molecule has 0 saturated carbocycles. The van der Waals surface area contributed by atoms with E-state index in [9.17, 15) is 13.2 Å². The van der Waals surface area contributed by atoms with Gasteiger partial charge in [0.25, 0.3) is 0 Å². The van der Waals surface area contributed by atoms with Gasteiger partial charge in [0, 0.05) is 17.8 Å². The molecule has 1 aromatic heterocycles. The molecule has 0 aliphatic rings. The van der Waals surface area contributed by atoms with Gasteiger partial charge in [0.1, 0.15) is 5.69 Å². The van der Waals surface area contributed by atoms with Crippen molar-refractivity contribution >= 4 is 23.4 Å². The zero-order valence-electron chi connectivity index (χ0n) is 8.43. The van der Waals surface area contributed by atoms with Crippen LogP contribution in [0.5, 0.6) is 0 Å². The smallest absolute Gasteiger partial charge is 0.251 e. The van der Waals surface area contributed by atoms with E-state index in [-0.39, 0.29) is 0 Å². The van der Waals surface area contributed by atoms with Crippen LogP contribution >= 0.6 is 23.4 Å². The van der Waals surface area contributed by atoms with E-state index < -0.39 is 11.9 Å². The van der Waals surface area contributed by atoms with E-state index in [0.29, 0.717) is 11.6 Å². The van der Waals surface area contributed by atoms with Crippen molar-refractivity contribution in [2.24, 2.45) is 0 Å². The molecule has 1 heterocycles. The van der Waals surface area contributed by atoms with Gasteiger partial charge in [-0.3, -0.25) is 4.98 Å². The number of thioether (sulfide) groups is 1. The van der Waals surface area contributed by atoms with E-state index in [1.54, 1.807) is 11.8 Å². The first-order valence-corrected chi connectivity index (χ1v) is 6.39. The summed E-state index contributed by atoms with van der Waals surface area (Å²) in [5.41, 5.74) is -0.0467. The summed E-state index contributed by atoms with van der Waals surface area (Å²) in [6.45, 7) is 0. The minimum absolute atomic E-state index is 0.609. The maximum atomic E-state index is 12.2. The Morgan fingerprint density at radius 2 is 2.06 bits per heavy atom. The second-order valence-corrected chi connectivity index (χ2v) is 4.63. The van der Waals surface area contributed by atoms with Crippen LogP contribution in [0.15, 0.2) is 18.3 Å². The maximum absolute atomic E-state index is 12.2. The molecular formula is C10H11ClF3NS. The number of aromatic nitrogens is 1. The van der Waals surface area contributed by atoms with Crippen LogP contribution in [0.4, 0.5) is 13.2 Å². The zero-order chi connectivity index (χ0) is 12.0. The van der Waals surface area contributed by atoms with Crippen molar-refractivity contribution in [3.63, 3.8) is 0 Å². The molecule has 90 valence electrons. The molecule has 16 heavy (non-hydrogen) atoms. The fourth-order valence-corrected chi connectivity index (χ4v) is 2.22. The molecule has 0 bridgehead atoms. The highest BCUT2D eigenvalue weighted by Crippen LogP contribution is 2.27. The Balaban J connectivity index is 2.46. The number of hydrogen-bond acceptors (Lipinski definition) is 2. The summed E-state index contributed by atoms with van der Waals surface area (Å²) in [6, 6.07) is 2.47. The van der Waals surface area contributed by atoms with E-state index in [2.05, 4.69) is 4.98 Å². The van der Waals surface area contributed by atoms with Crippen LogP contribution < -0.4 is 0 Å². The largest absolute Gasteiger partial charge is 0.433 e. The third-order valence-electron chi connectivity index (χ3n) is 1.81. The first-order valence-electron chi connectivity index (χ1n) is 4.70. The molecule has 1 rings (SSSR count). The average Bonchev–Trinajstić information content (AvgIpc) is 2.24. The Bertz CT molecular complexity index is 313. The van der Waals surface area contributed by atoms with Crippen LogP contribution in [0.1, 0.15) is 17.7 Å². The van der Waals surface area contributed by atoms with Crippen molar-refractivity contribution in [1.29, 1.82) is 0 Å². The van der Waals surface area contributed by atoms with Crippen molar-refractivity contribution in [2.45, 2.75) is 18.3 Å². The number of hydrogen-bond donors (Lipinski definition) is 0. The summed E-state index contributed by atoms with van der Waals surface area (Å²) < 4.78 is 36.6. The van der Waals surface area contributed by atoms with Crippen molar-refractivity contribution in [2.75, 3.05) is 11.6 Å². The molecule has 0 saturated heterocycles. The first kappa shape index (κ1) is 13.6. The quantitative estimate of drug-likeness (QED) is 0.593. The highest BCUT2D eigenvalue weighted by atomic mass is 35.5.